The number of hydrogen-bond donors (Lipinski definition) is 0. The summed E-state index contributed by atoms with van der Waals surface area (Å²) in [5.74, 6) is -0.341. The monoisotopic (exact) mass is 261 g/mol. The van der Waals surface area contributed by atoms with Crippen LogP contribution in [0.3, 0.4) is 0 Å². The lowest BCUT2D eigenvalue weighted by Crippen LogP contribution is -2.43. The van der Waals surface area contributed by atoms with Gasteiger partial charge in [0.05, 0.1) is 11.6 Å². The highest BCUT2D eigenvalue weighted by atomic mass is 19.1. The van der Waals surface area contributed by atoms with Gasteiger partial charge in [-0.25, -0.2) is 4.39 Å². The van der Waals surface area contributed by atoms with Crippen molar-refractivity contribution in [3.8, 4) is 6.07 Å². The topological polar surface area (TPSA) is 30.3 Å². The molecule has 0 aliphatic carbocycles. The van der Waals surface area contributed by atoms with Crippen molar-refractivity contribution in [2.75, 3.05) is 31.6 Å². The molecule has 4 heteroatoms. The molecule has 1 aromatic carbocycles. The maximum atomic E-state index is 13.5. The number of hydrogen-bond acceptors (Lipinski definition) is 3. The number of nitriles is 1. The van der Waals surface area contributed by atoms with Crippen molar-refractivity contribution in [1.82, 2.24) is 4.90 Å². The van der Waals surface area contributed by atoms with Crippen LogP contribution in [0, 0.1) is 17.1 Å². The molecule has 1 saturated heterocycles. The molecule has 0 radical (unpaired) electrons. The third kappa shape index (κ3) is 3.24. The zero-order valence-electron chi connectivity index (χ0n) is 11.6. The molecule has 0 spiro atoms. The van der Waals surface area contributed by atoms with Gasteiger partial charge >= 0.3 is 0 Å². The fraction of sp³-hybridized carbons (Fsp3) is 0.533. The van der Waals surface area contributed by atoms with E-state index in [1.165, 1.54) is 12.1 Å². The molecule has 1 aromatic rings. The lowest BCUT2D eigenvalue weighted by atomic mass is 10.0. The number of benzene rings is 1. The maximum absolute atomic E-state index is 13.5. The smallest absolute Gasteiger partial charge is 0.126 e. The van der Waals surface area contributed by atoms with Crippen molar-refractivity contribution < 1.29 is 4.39 Å². The molecule has 0 amide bonds. The summed E-state index contributed by atoms with van der Waals surface area (Å²) in [5.41, 5.74) is 1.18. The van der Waals surface area contributed by atoms with Gasteiger partial charge in [0.15, 0.2) is 0 Å². The Hall–Kier alpha value is -1.60. The Morgan fingerprint density at radius 1 is 1.37 bits per heavy atom. The van der Waals surface area contributed by atoms with E-state index in [-0.39, 0.29) is 5.82 Å². The summed E-state index contributed by atoms with van der Waals surface area (Å²) in [7, 11) is 1.99. The molecular formula is C15H20FN3. The molecule has 1 fully saturated rings. The van der Waals surface area contributed by atoms with Gasteiger partial charge < -0.3 is 9.80 Å². The van der Waals surface area contributed by atoms with E-state index in [2.05, 4.69) is 16.7 Å². The first-order valence-corrected chi connectivity index (χ1v) is 6.80. The predicted molar refractivity (Wildman–Crippen MR) is 74.7 cm³/mol. The highest BCUT2D eigenvalue weighted by molar-refractivity contribution is 5.52. The molecule has 3 nitrogen and oxygen atoms in total. The zero-order valence-corrected chi connectivity index (χ0v) is 11.6. The predicted octanol–water partition coefficient (Wildman–Crippen LogP) is 2.62. The molecule has 0 aromatic heterocycles. The number of anilines is 1. The molecule has 0 unspecified atom stereocenters. The standard InChI is InChI=1S/C15H20FN3/c1-3-19-6-4-14(5-7-19)18(2)15-9-12(11-17)8-13(16)10-15/h8-10,14H,3-7H2,1-2H3. The van der Waals surface area contributed by atoms with Crippen LogP contribution in [0.15, 0.2) is 18.2 Å². The van der Waals surface area contributed by atoms with Gasteiger partial charge in [0.25, 0.3) is 0 Å². The molecular weight excluding hydrogens is 241 g/mol. The Morgan fingerprint density at radius 2 is 2.05 bits per heavy atom. The third-order valence-corrected chi connectivity index (χ3v) is 3.97. The number of nitrogens with zero attached hydrogens (tertiary/aromatic N) is 3. The molecule has 0 bridgehead atoms. The van der Waals surface area contributed by atoms with E-state index < -0.39 is 0 Å². The Kier molecular flexibility index (Phi) is 4.39. The summed E-state index contributed by atoms with van der Waals surface area (Å²) in [4.78, 5) is 4.54. The van der Waals surface area contributed by atoms with E-state index in [9.17, 15) is 4.39 Å². The van der Waals surface area contributed by atoms with Crippen LogP contribution in [-0.2, 0) is 0 Å². The molecule has 102 valence electrons. The van der Waals surface area contributed by atoms with Crippen molar-refractivity contribution in [3.63, 3.8) is 0 Å². The lowest BCUT2D eigenvalue weighted by molar-refractivity contribution is 0.221. The number of halogens is 1. The van der Waals surface area contributed by atoms with Crippen molar-refractivity contribution in [1.29, 1.82) is 5.26 Å². The molecule has 0 saturated carbocycles. The lowest BCUT2D eigenvalue weighted by Gasteiger charge is -2.37. The number of rotatable bonds is 3. The summed E-state index contributed by atoms with van der Waals surface area (Å²) in [6, 6.07) is 6.98. The minimum atomic E-state index is -0.341. The maximum Gasteiger partial charge on any atom is 0.126 e. The first kappa shape index (κ1) is 13.8. The van der Waals surface area contributed by atoms with E-state index >= 15 is 0 Å². The van der Waals surface area contributed by atoms with Crippen LogP contribution in [0.5, 0.6) is 0 Å². The Bertz CT molecular complexity index is 473. The summed E-state index contributed by atoms with van der Waals surface area (Å²) in [6.45, 7) is 5.45. The minimum Gasteiger partial charge on any atom is -0.371 e. The van der Waals surface area contributed by atoms with E-state index in [0.717, 1.165) is 38.2 Å². The van der Waals surface area contributed by atoms with E-state index in [1.54, 1.807) is 6.07 Å². The first-order chi connectivity index (χ1) is 9.13. The van der Waals surface area contributed by atoms with Crippen LogP contribution in [0.25, 0.3) is 0 Å². The van der Waals surface area contributed by atoms with Crippen LogP contribution in [0.4, 0.5) is 10.1 Å². The molecule has 1 aliphatic rings. The first-order valence-electron chi connectivity index (χ1n) is 6.80. The second-order valence-electron chi connectivity index (χ2n) is 5.09. The third-order valence-electron chi connectivity index (χ3n) is 3.97. The van der Waals surface area contributed by atoms with Gasteiger partial charge in [0.1, 0.15) is 5.82 Å². The number of likely N-dealkylation sites (tertiary alicyclic amines) is 1. The highest BCUT2D eigenvalue weighted by Gasteiger charge is 2.22. The van der Waals surface area contributed by atoms with Crippen molar-refractivity contribution in [3.05, 3.63) is 29.6 Å². The Labute approximate surface area is 114 Å². The summed E-state index contributed by atoms with van der Waals surface area (Å²) in [5, 5.41) is 8.90. The fourth-order valence-electron chi connectivity index (χ4n) is 2.68. The van der Waals surface area contributed by atoms with Crippen LogP contribution < -0.4 is 4.90 Å². The van der Waals surface area contributed by atoms with Gasteiger partial charge in [-0.2, -0.15) is 5.26 Å². The minimum absolute atomic E-state index is 0.341. The van der Waals surface area contributed by atoms with Crippen LogP contribution >= 0.6 is 0 Å². The molecule has 2 rings (SSSR count). The van der Waals surface area contributed by atoms with E-state index in [1.807, 2.05) is 13.1 Å². The van der Waals surface area contributed by atoms with Gasteiger partial charge in [-0.3, -0.25) is 0 Å². The van der Waals surface area contributed by atoms with Gasteiger partial charge in [-0.1, -0.05) is 6.92 Å². The van der Waals surface area contributed by atoms with Crippen LogP contribution in [0.1, 0.15) is 25.3 Å². The number of piperidine rings is 1. The SMILES string of the molecule is CCN1CCC(N(C)c2cc(F)cc(C#N)c2)CC1. The van der Waals surface area contributed by atoms with Gasteiger partial charge in [-0.05, 0) is 37.6 Å². The van der Waals surface area contributed by atoms with Gasteiger partial charge in [-0.15, -0.1) is 0 Å². The average Bonchev–Trinajstić information content (AvgIpc) is 2.46. The van der Waals surface area contributed by atoms with Crippen molar-refractivity contribution in [2.24, 2.45) is 0 Å². The second kappa shape index (κ2) is 6.03. The van der Waals surface area contributed by atoms with E-state index in [0.29, 0.717) is 11.6 Å². The van der Waals surface area contributed by atoms with Crippen LogP contribution in [-0.4, -0.2) is 37.6 Å². The molecule has 19 heavy (non-hydrogen) atoms. The summed E-state index contributed by atoms with van der Waals surface area (Å²) in [6.07, 6.45) is 2.17. The van der Waals surface area contributed by atoms with Crippen molar-refractivity contribution >= 4 is 5.69 Å². The average molecular weight is 261 g/mol. The van der Waals surface area contributed by atoms with Gasteiger partial charge in [0.2, 0.25) is 0 Å². The Morgan fingerprint density at radius 3 is 2.63 bits per heavy atom. The summed E-state index contributed by atoms with van der Waals surface area (Å²) >= 11 is 0. The summed E-state index contributed by atoms with van der Waals surface area (Å²) < 4.78 is 13.5. The molecule has 0 atom stereocenters. The molecule has 1 aliphatic heterocycles. The Balaban J connectivity index is 2.10. The highest BCUT2D eigenvalue weighted by Crippen LogP contribution is 2.24. The molecule has 1 heterocycles. The zero-order chi connectivity index (χ0) is 13.8. The second-order valence-corrected chi connectivity index (χ2v) is 5.09. The van der Waals surface area contributed by atoms with Crippen molar-refractivity contribution in [2.45, 2.75) is 25.8 Å². The quantitative estimate of drug-likeness (QED) is 0.838. The fourth-order valence-corrected chi connectivity index (χ4v) is 2.68. The van der Waals surface area contributed by atoms with Crippen LogP contribution in [0.2, 0.25) is 0 Å². The molecule has 0 N–H and O–H groups in total. The van der Waals surface area contributed by atoms with Gasteiger partial charge in [0, 0.05) is 31.9 Å². The largest absolute Gasteiger partial charge is 0.371 e. The normalized spacial score (nSPS) is 17.2. The van der Waals surface area contributed by atoms with E-state index in [4.69, 9.17) is 5.26 Å².